The molecule has 1 unspecified atom stereocenters. The van der Waals surface area contributed by atoms with Gasteiger partial charge in [0.1, 0.15) is 0 Å². The molecule has 1 atom stereocenters. The molecule has 11 heteroatoms. The van der Waals surface area contributed by atoms with Crippen molar-refractivity contribution in [3.05, 3.63) is 56.3 Å². The fourth-order valence-electron chi connectivity index (χ4n) is 5.61. The Morgan fingerprint density at radius 3 is 2.11 bits per heavy atom. The third kappa shape index (κ3) is 5.86. The molecule has 38 heavy (non-hydrogen) atoms. The van der Waals surface area contributed by atoms with E-state index in [1.807, 2.05) is 4.90 Å². The van der Waals surface area contributed by atoms with Crippen molar-refractivity contribution in [2.75, 3.05) is 53.5 Å². The molecule has 2 N–H and O–H groups in total. The Kier molecular flexibility index (Phi) is 9.36. The van der Waals surface area contributed by atoms with Crippen LogP contribution in [0, 0.1) is 0 Å². The maximum absolute atomic E-state index is 13.5. The van der Waals surface area contributed by atoms with Gasteiger partial charge in [-0.05, 0) is 45.0 Å². The first kappa shape index (κ1) is 28.4. The summed E-state index contributed by atoms with van der Waals surface area (Å²) >= 11 is 13.1. The molecular formula is C27H34Cl2N4O5. The van der Waals surface area contributed by atoms with Gasteiger partial charge in [0.15, 0.2) is 0 Å². The third-order valence-electron chi connectivity index (χ3n) is 7.56. The topological polar surface area (TPSA) is 100 Å². The fraction of sp³-hybridized carbons (Fsp3) is 0.519. The van der Waals surface area contributed by atoms with Crippen LogP contribution in [0.4, 0.5) is 0 Å². The summed E-state index contributed by atoms with van der Waals surface area (Å²) in [4.78, 5) is 43.9. The summed E-state index contributed by atoms with van der Waals surface area (Å²) in [5.74, 6) is -2.42. The number of ether oxygens (including phenoxy) is 2. The summed E-state index contributed by atoms with van der Waals surface area (Å²) in [6, 6.07) is 5.50. The van der Waals surface area contributed by atoms with Crippen LogP contribution in [0.5, 0.6) is 0 Å². The molecule has 9 nitrogen and oxygen atoms in total. The number of dihydropyridines is 1. The van der Waals surface area contributed by atoms with E-state index in [2.05, 4.69) is 15.5 Å². The van der Waals surface area contributed by atoms with Gasteiger partial charge < -0.3 is 25.0 Å². The molecular weight excluding hydrogens is 531 g/mol. The van der Waals surface area contributed by atoms with Crippen LogP contribution in [0.1, 0.15) is 37.7 Å². The lowest BCUT2D eigenvalue weighted by atomic mass is 9.79. The number of benzene rings is 1. The molecule has 0 aromatic heterocycles. The number of nitrogens with one attached hydrogen (secondary N) is 2. The average Bonchev–Trinajstić information content (AvgIpc) is 2.92. The second-order valence-electron chi connectivity index (χ2n) is 9.68. The van der Waals surface area contributed by atoms with Crippen LogP contribution in [0.15, 0.2) is 40.7 Å². The number of carbonyl (C=O) groups is 3. The van der Waals surface area contributed by atoms with Crippen molar-refractivity contribution in [1.82, 2.24) is 20.4 Å². The number of amides is 1. The van der Waals surface area contributed by atoms with Crippen LogP contribution in [-0.4, -0.2) is 87.2 Å². The van der Waals surface area contributed by atoms with Gasteiger partial charge >= 0.3 is 11.9 Å². The van der Waals surface area contributed by atoms with Gasteiger partial charge in [0.2, 0.25) is 5.91 Å². The maximum Gasteiger partial charge on any atom is 0.336 e. The number of rotatable bonds is 6. The van der Waals surface area contributed by atoms with Gasteiger partial charge in [0, 0.05) is 59.2 Å². The zero-order valence-electron chi connectivity index (χ0n) is 21.9. The van der Waals surface area contributed by atoms with E-state index in [1.165, 1.54) is 14.2 Å². The number of allylic oxidation sites excluding steroid dienone is 1. The van der Waals surface area contributed by atoms with Gasteiger partial charge in [0.05, 0.1) is 37.7 Å². The largest absolute Gasteiger partial charge is 0.466 e. The Hall–Kier alpha value is -2.59. The minimum atomic E-state index is -0.975. The molecule has 0 bridgehead atoms. The fourth-order valence-corrected chi connectivity index (χ4v) is 6.23. The van der Waals surface area contributed by atoms with Crippen LogP contribution in [-0.2, 0) is 23.9 Å². The van der Waals surface area contributed by atoms with E-state index in [0.29, 0.717) is 36.1 Å². The van der Waals surface area contributed by atoms with Crippen LogP contribution < -0.4 is 10.6 Å². The van der Waals surface area contributed by atoms with Crippen LogP contribution in [0.25, 0.3) is 0 Å². The quantitative estimate of drug-likeness (QED) is 0.509. The molecule has 3 heterocycles. The van der Waals surface area contributed by atoms with Crippen molar-refractivity contribution in [2.24, 2.45) is 0 Å². The SMILES string of the molecule is COC(=O)C1=C(C)NC(CC(=O)N2CCN(C3CCNCC3)CC2)=C(C(=O)OC)C1c1c(Cl)cccc1Cl. The monoisotopic (exact) mass is 564 g/mol. The first-order chi connectivity index (χ1) is 18.3. The van der Waals surface area contributed by atoms with E-state index in [9.17, 15) is 14.4 Å². The van der Waals surface area contributed by atoms with Gasteiger partial charge in [-0.3, -0.25) is 9.69 Å². The first-order valence-electron chi connectivity index (χ1n) is 12.8. The summed E-state index contributed by atoms with van der Waals surface area (Å²) < 4.78 is 10.2. The Morgan fingerprint density at radius 2 is 1.53 bits per heavy atom. The number of methoxy groups -OCH3 is 2. The van der Waals surface area contributed by atoms with E-state index < -0.39 is 17.9 Å². The highest BCUT2D eigenvalue weighted by molar-refractivity contribution is 6.36. The lowest BCUT2D eigenvalue weighted by Crippen LogP contribution is -2.54. The van der Waals surface area contributed by atoms with E-state index in [1.54, 1.807) is 25.1 Å². The second kappa shape index (κ2) is 12.5. The molecule has 206 valence electrons. The van der Waals surface area contributed by atoms with Crippen LogP contribution in [0.2, 0.25) is 10.0 Å². The van der Waals surface area contributed by atoms with Crippen molar-refractivity contribution in [3.8, 4) is 0 Å². The number of piperidine rings is 1. The summed E-state index contributed by atoms with van der Waals surface area (Å²) in [6.07, 6.45) is 2.17. The number of piperazine rings is 1. The highest BCUT2D eigenvalue weighted by Crippen LogP contribution is 2.45. The number of hydrogen-bond donors (Lipinski definition) is 2. The molecule has 4 rings (SSSR count). The van der Waals surface area contributed by atoms with Gasteiger partial charge in [-0.2, -0.15) is 0 Å². The van der Waals surface area contributed by atoms with Gasteiger partial charge in [-0.15, -0.1) is 0 Å². The first-order valence-corrected chi connectivity index (χ1v) is 13.6. The highest BCUT2D eigenvalue weighted by atomic mass is 35.5. The van der Waals surface area contributed by atoms with Crippen LogP contribution >= 0.6 is 23.2 Å². The number of hydrogen-bond acceptors (Lipinski definition) is 8. The molecule has 3 aliphatic heterocycles. The zero-order valence-corrected chi connectivity index (χ0v) is 23.5. The third-order valence-corrected chi connectivity index (χ3v) is 8.22. The van der Waals surface area contributed by atoms with Crippen molar-refractivity contribution in [2.45, 2.75) is 38.1 Å². The summed E-state index contributed by atoms with van der Waals surface area (Å²) in [7, 11) is 2.51. The molecule has 1 aromatic carbocycles. The average molecular weight is 565 g/mol. The van der Waals surface area contributed by atoms with E-state index in [-0.39, 0.29) is 33.5 Å². The van der Waals surface area contributed by atoms with Gasteiger partial charge in [-0.1, -0.05) is 29.3 Å². The number of halogens is 2. The van der Waals surface area contributed by atoms with Gasteiger partial charge in [-0.25, -0.2) is 9.59 Å². The minimum Gasteiger partial charge on any atom is -0.466 e. The molecule has 2 saturated heterocycles. The molecule has 2 fully saturated rings. The molecule has 0 aliphatic carbocycles. The Bertz CT molecular complexity index is 1130. The predicted molar refractivity (Wildman–Crippen MR) is 145 cm³/mol. The molecule has 0 saturated carbocycles. The molecule has 0 spiro atoms. The van der Waals surface area contributed by atoms with Crippen molar-refractivity contribution in [3.63, 3.8) is 0 Å². The van der Waals surface area contributed by atoms with E-state index >= 15 is 0 Å². The summed E-state index contributed by atoms with van der Waals surface area (Å²) in [5.41, 5.74) is 1.46. The number of nitrogens with zero attached hydrogens (tertiary/aromatic N) is 2. The number of esters is 2. The Labute approximate surface area is 233 Å². The Morgan fingerprint density at radius 1 is 0.947 bits per heavy atom. The zero-order chi connectivity index (χ0) is 27.4. The van der Waals surface area contributed by atoms with Gasteiger partial charge in [0.25, 0.3) is 0 Å². The smallest absolute Gasteiger partial charge is 0.336 e. The maximum atomic E-state index is 13.5. The van der Waals surface area contributed by atoms with Crippen LogP contribution in [0.3, 0.4) is 0 Å². The van der Waals surface area contributed by atoms with E-state index in [0.717, 1.165) is 39.0 Å². The lowest BCUT2D eigenvalue weighted by Gasteiger charge is -2.41. The van der Waals surface area contributed by atoms with Crippen molar-refractivity contribution in [1.29, 1.82) is 0 Å². The highest BCUT2D eigenvalue weighted by Gasteiger charge is 2.41. The molecule has 1 amide bonds. The summed E-state index contributed by atoms with van der Waals surface area (Å²) in [5, 5.41) is 7.07. The predicted octanol–water partition coefficient (Wildman–Crippen LogP) is 2.84. The lowest BCUT2D eigenvalue weighted by molar-refractivity contribution is -0.137. The Balaban J connectivity index is 1.64. The summed E-state index contributed by atoms with van der Waals surface area (Å²) in [6.45, 7) is 6.61. The molecule has 1 aromatic rings. The standard InChI is InChI=1S/C27H34Cl2N4O5/c1-16-22(26(35)37-2)25(23-18(28)5-4-6-19(23)29)24(27(36)38-3)20(31-16)15-21(34)33-13-11-32(12-14-33)17-7-9-30-10-8-17/h4-6,17,25,30-31H,7-15H2,1-3H3. The molecule has 3 aliphatic rings. The normalized spacial score (nSPS) is 21.3. The number of carbonyl (C=O) groups excluding carboxylic acids is 3. The van der Waals surface area contributed by atoms with Crippen molar-refractivity contribution >= 4 is 41.0 Å². The minimum absolute atomic E-state index is 0.0673. The molecule has 0 radical (unpaired) electrons. The van der Waals surface area contributed by atoms with Crippen molar-refractivity contribution < 1.29 is 23.9 Å². The second-order valence-corrected chi connectivity index (χ2v) is 10.5. The van der Waals surface area contributed by atoms with E-state index in [4.69, 9.17) is 32.7 Å².